The summed E-state index contributed by atoms with van der Waals surface area (Å²) in [6.45, 7) is 2.91. The van der Waals surface area contributed by atoms with E-state index >= 15 is 0 Å². The van der Waals surface area contributed by atoms with Crippen molar-refractivity contribution < 1.29 is 4.79 Å². The van der Waals surface area contributed by atoms with E-state index in [9.17, 15) is 9.59 Å². The fourth-order valence-electron chi connectivity index (χ4n) is 1.61. The first-order chi connectivity index (χ1) is 8.40. The van der Waals surface area contributed by atoms with Crippen LogP contribution in [0.25, 0.3) is 10.9 Å². The van der Waals surface area contributed by atoms with Crippen LogP contribution in [0.1, 0.15) is 12.7 Å². The van der Waals surface area contributed by atoms with Crippen molar-refractivity contribution in [1.29, 1.82) is 0 Å². The van der Waals surface area contributed by atoms with E-state index in [0.29, 0.717) is 21.4 Å². The summed E-state index contributed by atoms with van der Waals surface area (Å²) in [4.78, 5) is 27.4. The Bertz CT molecular complexity index is 709. The average molecular weight is 286 g/mol. The number of nitrogens with one attached hydrogen (secondary N) is 1. The molecule has 1 amide bonds. The van der Waals surface area contributed by atoms with Crippen molar-refractivity contribution >= 4 is 40.0 Å². The van der Waals surface area contributed by atoms with Gasteiger partial charge in [0.25, 0.3) is 5.56 Å². The van der Waals surface area contributed by atoms with Gasteiger partial charge in [0.1, 0.15) is 5.82 Å². The third kappa shape index (κ3) is 2.19. The Morgan fingerprint density at radius 2 is 2.06 bits per heavy atom. The van der Waals surface area contributed by atoms with E-state index in [0.717, 1.165) is 4.68 Å². The molecule has 1 heterocycles. The summed E-state index contributed by atoms with van der Waals surface area (Å²) in [5.41, 5.74) is 2.34. The molecule has 5 nitrogen and oxygen atoms in total. The zero-order chi connectivity index (χ0) is 13.4. The van der Waals surface area contributed by atoms with Crippen LogP contribution < -0.4 is 11.0 Å². The monoisotopic (exact) mass is 285 g/mol. The van der Waals surface area contributed by atoms with E-state index in [1.165, 1.54) is 19.1 Å². The highest BCUT2D eigenvalue weighted by molar-refractivity contribution is 6.38. The number of carbonyl (C=O) groups is 1. The number of fused-ring (bicyclic) bond motifs is 1. The molecule has 0 atom stereocenters. The highest BCUT2D eigenvalue weighted by Gasteiger charge is 2.12. The molecule has 0 radical (unpaired) electrons. The maximum Gasteiger partial charge on any atom is 0.280 e. The number of halogens is 2. The molecule has 0 unspecified atom stereocenters. The number of benzene rings is 1. The molecule has 0 aliphatic carbocycles. The molecule has 7 heteroatoms. The summed E-state index contributed by atoms with van der Waals surface area (Å²) in [5.74, 6) is -0.0265. The number of nitrogens with zero attached hydrogens (tertiary/aromatic N) is 2. The maximum absolute atomic E-state index is 12.2. The number of rotatable bonds is 1. The van der Waals surface area contributed by atoms with Crippen LogP contribution in [0.5, 0.6) is 0 Å². The number of carbonyl (C=O) groups excluding carboxylic acids is 1. The van der Waals surface area contributed by atoms with Crippen molar-refractivity contribution in [2.45, 2.75) is 13.8 Å². The third-order valence-electron chi connectivity index (χ3n) is 2.33. The lowest BCUT2D eigenvalue weighted by Gasteiger charge is -2.11. The quantitative estimate of drug-likeness (QED) is 0.873. The summed E-state index contributed by atoms with van der Waals surface area (Å²) in [7, 11) is 0. The molecular formula is C11H9Cl2N3O2. The van der Waals surface area contributed by atoms with Gasteiger partial charge in [-0.1, -0.05) is 23.2 Å². The van der Waals surface area contributed by atoms with Crippen LogP contribution in [0.3, 0.4) is 0 Å². The Morgan fingerprint density at radius 1 is 1.39 bits per heavy atom. The van der Waals surface area contributed by atoms with E-state index in [1.807, 2.05) is 0 Å². The number of hydrogen-bond donors (Lipinski definition) is 1. The standard InChI is InChI=1S/C11H9Cl2N3O2/c1-5-14-10-8(3-7(12)4-9(10)13)11(18)16(5)15-6(2)17/h3-4H,1-2H3,(H,15,17). The predicted molar refractivity (Wildman–Crippen MR) is 70.8 cm³/mol. The van der Waals surface area contributed by atoms with Crippen LogP contribution >= 0.6 is 23.2 Å². The molecule has 0 aliphatic rings. The molecule has 18 heavy (non-hydrogen) atoms. The first-order valence-electron chi connectivity index (χ1n) is 5.06. The molecule has 0 spiro atoms. The maximum atomic E-state index is 12.2. The number of aromatic nitrogens is 2. The van der Waals surface area contributed by atoms with Crippen molar-refractivity contribution in [2.75, 3.05) is 5.43 Å². The third-order valence-corrected chi connectivity index (χ3v) is 2.83. The van der Waals surface area contributed by atoms with Crippen LogP contribution in [0.4, 0.5) is 0 Å². The van der Waals surface area contributed by atoms with Crippen LogP contribution in [0.15, 0.2) is 16.9 Å². The van der Waals surface area contributed by atoms with Gasteiger partial charge in [-0.2, -0.15) is 0 Å². The highest BCUT2D eigenvalue weighted by Crippen LogP contribution is 2.24. The topological polar surface area (TPSA) is 64.0 Å². The Morgan fingerprint density at radius 3 is 2.67 bits per heavy atom. The van der Waals surface area contributed by atoms with Crippen molar-refractivity contribution in [1.82, 2.24) is 9.66 Å². The van der Waals surface area contributed by atoms with Crippen molar-refractivity contribution in [2.24, 2.45) is 0 Å². The van der Waals surface area contributed by atoms with E-state index in [4.69, 9.17) is 23.2 Å². The summed E-state index contributed by atoms with van der Waals surface area (Å²) in [6, 6.07) is 2.98. The van der Waals surface area contributed by atoms with E-state index in [2.05, 4.69) is 10.4 Å². The molecule has 0 aliphatic heterocycles. The second-order valence-corrected chi connectivity index (χ2v) is 4.59. The summed E-state index contributed by atoms with van der Waals surface area (Å²) in [6.07, 6.45) is 0. The normalized spacial score (nSPS) is 10.7. The minimum atomic E-state index is -0.419. The lowest BCUT2D eigenvalue weighted by molar-refractivity contribution is -0.115. The Kier molecular flexibility index (Phi) is 3.28. The Hall–Kier alpha value is -1.59. The second-order valence-electron chi connectivity index (χ2n) is 3.75. The Labute approximate surface area is 112 Å². The highest BCUT2D eigenvalue weighted by atomic mass is 35.5. The first kappa shape index (κ1) is 12.9. The molecule has 1 aromatic heterocycles. The van der Waals surface area contributed by atoms with Crippen molar-refractivity contribution in [3.05, 3.63) is 38.4 Å². The van der Waals surface area contributed by atoms with Gasteiger partial charge in [-0.05, 0) is 19.1 Å². The molecule has 1 N–H and O–H groups in total. The SMILES string of the molecule is CC(=O)Nn1c(C)nc2c(Cl)cc(Cl)cc2c1=O. The van der Waals surface area contributed by atoms with Crippen molar-refractivity contribution in [3.8, 4) is 0 Å². The van der Waals surface area contributed by atoms with Gasteiger partial charge in [-0.3, -0.25) is 15.0 Å². The minimum Gasteiger partial charge on any atom is -0.274 e. The molecular weight excluding hydrogens is 277 g/mol. The summed E-state index contributed by atoms with van der Waals surface area (Å²) in [5, 5.41) is 0.893. The lowest BCUT2D eigenvalue weighted by atomic mass is 10.2. The van der Waals surface area contributed by atoms with Crippen LogP contribution in [-0.2, 0) is 4.79 Å². The largest absolute Gasteiger partial charge is 0.280 e. The minimum absolute atomic E-state index is 0.256. The smallest absolute Gasteiger partial charge is 0.274 e. The van der Waals surface area contributed by atoms with Gasteiger partial charge in [0.15, 0.2) is 0 Å². The van der Waals surface area contributed by atoms with E-state index in [-0.39, 0.29) is 11.3 Å². The molecule has 0 fully saturated rings. The van der Waals surface area contributed by atoms with Gasteiger partial charge >= 0.3 is 0 Å². The zero-order valence-electron chi connectivity index (χ0n) is 9.62. The average Bonchev–Trinajstić information content (AvgIpc) is 2.26. The lowest BCUT2D eigenvalue weighted by Crippen LogP contribution is -2.34. The zero-order valence-corrected chi connectivity index (χ0v) is 11.1. The van der Waals surface area contributed by atoms with Crippen molar-refractivity contribution in [3.63, 3.8) is 0 Å². The summed E-state index contributed by atoms with van der Waals surface area (Å²) >= 11 is 11.8. The fourth-order valence-corrected chi connectivity index (χ4v) is 2.15. The Balaban J connectivity index is 2.85. The van der Waals surface area contributed by atoms with Gasteiger partial charge in [-0.25, -0.2) is 9.66 Å². The van der Waals surface area contributed by atoms with Gasteiger partial charge in [0, 0.05) is 11.9 Å². The number of aryl methyl sites for hydroxylation is 1. The predicted octanol–water partition coefficient (Wildman–Crippen LogP) is 2.10. The molecule has 1 aromatic carbocycles. The number of hydrogen-bond acceptors (Lipinski definition) is 3. The molecule has 0 bridgehead atoms. The molecule has 2 aromatic rings. The molecule has 0 saturated heterocycles. The van der Waals surface area contributed by atoms with Crippen LogP contribution in [0, 0.1) is 6.92 Å². The van der Waals surface area contributed by atoms with Gasteiger partial charge in [-0.15, -0.1) is 0 Å². The van der Waals surface area contributed by atoms with E-state index in [1.54, 1.807) is 6.92 Å². The summed E-state index contributed by atoms with van der Waals surface area (Å²) < 4.78 is 1.07. The fraction of sp³-hybridized carbons (Fsp3) is 0.182. The van der Waals surface area contributed by atoms with Gasteiger partial charge < -0.3 is 0 Å². The second kappa shape index (κ2) is 4.59. The van der Waals surface area contributed by atoms with Gasteiger partial charge in [0.2, 0.25) is 5.91 Å². The van der Waals surface area contributed by atoms with Crippen LogP contribution in [0.2, 0.25) is 10.0 Å². The number of amides is 1. The molecule has 94 valence electrons. The van der Waals surface area contributed by atoms with Crippen LogP contribution in [-0.4, -0.2) is 15.6 Å². The van der Waals surface area contributed by atoms with E-state index < -0.39 is 5.56 Å². The molecule has 0 saturated carbocycles. The molecule has 2 rings (SSSR count). The first-order valence-corrected chi connectivity index (χ1v) is 5.81. The van der Waals surface area contributed by atoms with Gasteiger partial charge in [0.05, 0.1) is 15.9 Å².